The number of esters is 2. The number of anilines is 6. The number of nitrogens with zero attached hydrogens (tertiary/aromatic N) is 2. The number of ether oxygens (including phenoxy) is 3. The van der Waals surface area contributed by atoms with Gasteiger partial charge in [-0.15, -0.1) is 0 Å². The molecule has 8 heteroatoms. The average Bonchev–Trinajstić information content (AvgIpc) is 3.39. The van der Waals surface area contributed by atoms with Crippen molar-refractivity contribution in [1.82, 2.24) is 0 Å². The van der Waals surface area contributed by atoms with Crippen molar-refractivity contribution >= 4 is 51.8 Å². The lowest BCUT2D eigenvalue weighted by molar-refractivity contribution is -0.143. The first kappa shape index (κ1) is 51.4. The van der Waals surface area contributed by atoms with Gasteiger partial charge in [-0.25, -0.2) is 4.79 Å². The highest BCUT2D eigenvalue weighted by Gasteiger charge is 2.15. The van der Waals surface area contributed by atoms with Crippen LogP contribution in [0.3, 0.4) is 0 Å². The molecular formula is C62H64N2O6. The topological polar surface area (TPSA) is 85.4 Å². The average molecular weight is 933 g/mol. The van der Waals surface area contributed by atoms with E-state index in [4.69, 9.17) is 14.2 Å². The normalized spacial score (nSPS) is 11.0. The highest BCUT2D eigenvalue weighted by molar-refractivity contribution is 5.89. The Balaban J connectivity index is 0.000000230. The molecule has 358 valence electrons. The predicted octanol–water partition coefficient (Wildman–Crippen LogP) is 15.2. The van der Waals surface area contributed by atoms with Gasteiger partial charge in [0.25, 0.3) is 0 Å². The van der Waals surface area contributed by atoms with Crippen LogP contribution in [0.5, 0.6) is 11.5 Å². The fourth-order valence-electron chi connectivity index (χ4n) is 7.65. The first-order valence-electron chi connectivity index (χ1n) is 24.0. The molecule has 0 aromatic heterocycles. The molecule has 0 radical (unpaired) electrons. The predicted molar refractivity (Wildman–Crippen MR) is 285 cm³/mol. The molecule has 7 aromatic rings. The summed E-state index contributed by atoms with van der Waals surface area (Å²) < 4.78 is 16.4. The van der Waals surface area contributed by atoms with E-state index in [1.807, 2.05) is 48.5 Å². The van der Waals surface area contributed by atoms with Gasteiger partial charge in [0.15, 0.2) is 5.78 Å². The summed E-state index contributed by atoms with van der Waals surface area (Å²) in [5.74, 6) is 0.696. The van der Waals surface area contributed by atoms with Crippen molar-refractivity contribution in [3.05, 3.63) is 230 Å². The zero-order valence-electron chi connectivity index (χ0n) is 40.7. The molecule has 1 unspecified atom stereocenters. The third-order valence-corrected chi connectivity index (χ3v) is 11.5. The summed E-state index contributed by atoms with van der Waals surface area (Å²) in [5, 5.41) is 0. The van der Waals surface area contributed by atoms with Crippen LogP contribution in [0.2, 0.25) is 0 Å². The quantitative estimate of drug-likeness (QED) is 0.0271. The van der Waals surface area contributed by atoms with Gasteiger partial charge in [0.1, 0.15) is 24.2 Å². The van der Waals surface area contributed by atoms with E-state index >= 15 is 0 Å². The molecule has 0 bridgehead atoms. The molecule has 0 saturated heterocycles. The van der Waals surface area contributed by atoms with Gasteiger partial charge in [0, 0.05) is 53.0 Å². The largest absolute Gasteiger partial charge is 0.490 e. The second-order valence-electron chi connectivity index (χ2n) is 17.1. The van der Waals surface area contributed by atoms with Crippen LogP contribution in [-0.2, 0) is 32.0 Å². The van der Waals surface area contributed by atoms with Crippen molar-refractivity contribution < 1.29 is 28.6 Å². The summed E-state index contributed by atoms with van der Waals surface area (Å²) in [7, 11) is 0. The number of aryl methyl sites for hydroxylation is 4. The molecule has 0 N–H and O–H groups in total. The molecule has 0 spiro atoms. The SMILES string of the molecule is C=CC(=O)CCCCCCC(=O)Oc1ccc(N(c2ccc(C)cc2)c2ccc(C)cc2)cc1.C=CC(=O)OC(C)COc1ccc(CCc2ccc(N(c3ccccc3)c3ccccc3)cc2)cc1. The molecule has 0 amide bonds. The molecular weight excluding hydrogens is 869 g/mol. The minimum atomic E-state index is -0.442. The second kappa shape index (κ2) is 27.1. The lowest BCUT2D eigenvalue weighted by Crippen LogP contribution is -2.20. The Morgan fingerprint density at radius 3 is 1.34 bits per heavy atom. The van der Waals surface area contributed by atoms with E-state index in [1.54, 1.807) is 6.92 Å². The number of para-hydroxylation sites is 2. The van der Waals surface area contributed by atoms with E-state index in [2.05, 4.69) is 170 Å². The van der Waals surface area contributed by atoms with Crippen LogP contribution in [-0.4, -0.2) is 30.4 Å². The summed E-state index contributed by atoms with van der Waals surface area (Å²) in [6, 6.07) is 62.2. The number of unbranched alkanes of at least 4 members (excludes halogenated alkanes) is 3. The van der Waals surface area contributed by atoms with Gasteiger partial charge in [-0.1, -0.05) is 122 Å². The van der Waals surface area contributed by atoms with E-state index in [0.717, 1.165) is 84.5 Å². The van der Waals surface area contributed by atoms with Crippen LogP contribution in [0, 0.1) is 13.8 Å². The lowest BCUT2D eigenvalue weighted by atomic mass is 10.0. The monoisotopic (exact) mass is 932 g/mol. The van der Waals surface area contributed by atoms with Crippen molar-refractivity contribution in [2.24, 2.45) is 0 Å². The van der Waals surface area contributed by atoms with Crippen molar-refractivity contribution in [2.75, 3.05) is 16.4 Å². The van der Waals surface area contributed by atoms with Crippen LogP contribution in [0.1, 0.15) is 67.7 Å². The Bertz CT molecular complexity index is 2620. The lowest BCUT2D eigenvalue weighted by Gasteiger charge is -2.26. The molecule has 0 aliphatic carbocycles. The van der Waals surface area contributed by atoms with E-state index < -0.39 is 5.97 Å². The van der Waals surface area contributed by atoms with E-state index in [0.29, 0.717) is 25.2 Å². The molecule has 7 aromatic carbocycles. The van der Waals surface area contributed by atoms with Crippen LogP contribution in [0.15, 0.2) is 207 Å². The highest BCUT2D eigenvalue weighted by atomic mass is 16.6. The molecule has 0 fully saturated rings. The standard InChI is InChI=1S/C32H31NO3.C30H33NO3/c1-3-32(34)36-25(2)24-35-31-22-18-27(19-23-31)15-14-26-16-20-30(21-17-26)33(28-10-6-4-7-11-28)29-12-8-5-9-13-29;1-4-28(32)9-7-5-6-8-10-30(33)34-29-21-19-27(20-22-29)31(25-15-11-23(2)12-16-25)26-17-13-24(3)14-18-26/h3-13,16-23,25H,1,14-15,24H2,2H3;4,11-22H,1,5-10H2,2-3H3. The van der Waals surface area contributed by atoms with Gasteiger partial charge in [-0.3, -0.25) is 9.59 Å². The first-order chi connectivity index (χ1) is 34.1. The summed E-state index contributed by atoms with van der Waals surface area (Å²) in [4.78, 5) is 39.1. The smallest absolute Gasteiger partial charge is 0.330 e. The molecule has 0 aliphatic heterocycles. The fourth-order valence-corrected chi connectivity index (χ4v) is 7.65. The highest BCUT2D eigenvalue weighted by Crippen LogP contribution is 2.36. The minimum absolute atomic E-state index is 0.0752. The van der Waals surface area contributed by atoms with Crippen LogP contribution < -0.4 is 19.3 Å². The van der Waals surface area contributed by atoms with Gasteiger partial charge < -0.3 is 24.0 Å². The van der Waals surface area contributed by atoms with Gasteiger partial charge in [0.2, 0.25) is 0 Å². The first-order valence-corrected chi connectivity index (χ1v) is 24.0. The molecule has 7 rings (SSSR count). The zero-order chi connectivity index (χ0) is 49.5. The Morgan fingerprint density at radius 2 is 0.886 bits per heavy atom. The third kappa shape index (κ3) is 16.4. The fraction of sp³-hybridized carbons (Fsp3) is 0.210. The zero-order valence-corrected chi connectivity index (χ0v) is 40.7. The van der Waals surface area contributed by atoms with Crippen LogP contribution in [0.25, 0.3) is 0 Å². The van der Waals surface area contributed by atoms with Crippen molar-refractivity contribution in [2.45, 2.75) is 78.2 Å². The number of hydrogen-bond acceptors (Lipinski definition) is 8. The number of ketones is 1. The molecule has 0 saturated carbocycles. The Kier molecular flexibility index (Phi) is 19.9. The van der Waals surface area contributed by atoms with Gasteiger partial charge in [-0.2, -0.15) is 0 Å². The number of benzene rings is 7. The number of carbonyl (C=O) groups is 3. The summed E-state index contributed by atoms with van der Waals surface area (Å²) in [6.45, 7) is 13.1. The number of hydrogen-bond donors (Lipinski definition) is 0. The maximum Gasteiger partial charge on any atom is 0.330 e. The molecule has 0 heterocycles. The maximum atomic E-state index is 12.2. The summed E-state index contributed by atoms with van der Waals surface area (Å²) in [6.07, 6.45) is 8.39. The van der Waals surface area contributed by atoms with E-state index in [-0.39, 0.29) is 17.9 Å². The summed E-state index contributed by atoms with van der Waals surface area (Å²) in [5.41, 5.74) is 11.5. The molecule has 1 atom stereocenters. The van der Waals surface area contributed by atoms with Crippen LogP contribution >= 0.6 is 0 Å². The minimum Gasteiger partial charge on any atom is -0.490 e. The Labute approximate surface area is 414 Å². The number of rotatable bonds is 23. The van der Waals surface area contributed by atoms with Crippen molar-refractivity contribution in [3.8, 4) is 11.5 Å². The van der Waals surface area contributed by atoms with E-state index in [9.17, 15) is 14.4 Å². The number of allylic oxidation sites excluding steroid dienone is 1. The third-order valence-electron chi connectivity index (χ3n) is 11.5. The van der Waals surface area contributed by atoms with Gasteiger partial charge in [0.05, 0.1) is 0 Å². The maximum absolute atomic E-state index is 12.2. The summed E-state index contributed by atoms with van der Waals surface area (Å²) >= 11 is 0. The Hall–Kier alpha value is -7.97. The number of carbonyl (C=O) groups excluding carboxylic acids is 3. The Morgan fingerprint density at radius 1 is 0.486 bits per heavy atom. The molecule has 8 nitrogen and oxygen atoms in total. The molecule has 0 aliphatic rings. The van der Waals surface area contributed by atoms with E-state index in [1.165, 1.54) is 28.3 Å². The van der Waals surface area contributed by atoms with Crippen molar-refractivity contribution in [1.29, 1.82) is 0 Å². The van der Waals surface area contributed by atoms with Crippen molar-refractivity contribution in [3.63, 3.8) is 0 Å². The van der Waals surface area contributed by atoms with Gasteiger partial charge in [-0.05, 0) is 161 Å². The second-order valence-corrected chi connectivity index (χ2v) is 17.1. The molecule has 70 heavy (non-hydrogen) atoms. The van der Waals surface area contributed by atoms with Gasteiger partial charge >= 0.3 is 11.9 Å². The van der Waals surface area contributed by atoms with Crippen LogP contribution in [0.4, 0.5) is 34.1 Å².